The van der Waals surface area contributed by atoms with Crippen LogP contribution in [0.5, 0.6) is 0 Å². The monoisotopic (exact) mass is 257 g/mol. The molecule has 1 fully saturated rings. The van der Waals surface area contributed by atoms with E-state index in [1.807, 2.05) is 27.7 Å². The van der Waals surface area contributed by atoms with Gasteiger partial charge in [-0.05, 0) is 52.9 Å². The number of rotatable bonds is 5. The first-order valence-corrected chi connectivity index (χ1v) is 6.89. The Morgan fingerprint density at radius 3 is 2.67 bits per heavy atom. The van der Waals surface area contributed by atoms with Crippen LogP contribution in [0.2, 0.25) is 0 Å². The molecular weight excluding hydrogens is 230 g/mol. The zero-order valence-corrected chi connectivity index (χ0v) is 12.1. The Morgan fingerprint density at radius 2 is 2.11 bits per heavy atom. The molecular formula is C14H27NO3. The summed E-state index contributed by atoms with van der Waals surface area (Å²) in [6.45, 7) is 8.94. The Kier molecular flexibility index (Phi) is 5.17. The van der Waals surface area contributed by atoms with Gasteiger partial charge in [0.25, 0.3) is 0 Å². The van der Waals surface area contributed by atoms with E-state index < -0.39 is 5.54 Å². The highest BCUT2D eigenvalue weighted by molar-refractivity contribution is 5.81. The average Bonchev–Trinajstić information content (AvgIpc) is 2.60. The Morgan fingerprint density at radius 1 is 1.44 bits per heavy atom. The fourth-order valence-corrected chi connectivity index (χ4v) is 2.55. The summed E-state index contributed by atoms with van der Waals surface area (Å²) in [5, 5.41) is 0. The van der Waals surface area contributed by atoms with Gasteiger partial charge in [0, 0.05) is 6.61 Å². The second-order valence-corrected chi connectivity index (χ2v) is 6.10. The predicted octanol–water partition coefficient (Wildman–Crippen LogP) is 2.25. The molecule has 0 heterocycles. The number of ether oxygens (including phenoxy) is 2. The van der Waals surface area contributed by atoms with Gasteiger partial charge in [0.1, 0.15) is 5.54 Å². The number of carbonyl (C=O) groups is 1. The van der Waals surface area contributed by atoms with Gasteiger partial charge in [-0.15, -0.1) is 0 Å². The first-order valence-electron chi connectivity index (χ1n) is 6.89. The van der Waals surface area contributed by atoms with Gasteiger partial charge >= 0.3 is 5.97 Å². The number of hydrogen-bond donors (Lipinski definition) is 1. The highest BCUT2D eigenvalue weighted by atomic mass is 16.5. The Labute approximate surface area is 110 Å². The maximum Gasteiger partial charge on any atom is 0.326 e. The summed E-state index contributed by atoms with van der Waals surface area (Å²) in [5.41, 5.74) is 5.32. The normalized spacial score (nSPS) is 28.4. The summed E-state index contributed by atoms with van der Waals surface area (Å²) < 4.78 is 10.8. The lowest BCUT2D eigenvalue weighted by Crippen LogP contribution is -2.52. The van der Waals surface area contributed by atoms with Crippen LogP contribution in [0.1, 0.15) is 53.4 Å². The van der Waals surface area contributed by atoms with Crippen LogP contribution in [0.15, 0.2) is 0 Å². The molecule has 1 rings (SSSR count). The summed E-state index contributed by atoms with van der Waals surface area (Å²) in [4.78, 5) is 11.9. The van der Waals surface area contributed by atoms with E-state index >= 15 is 0 Å². The summed E-state index contributed by atoms with van der Waals surface area (Å²) >= 11 is 0. The summed E-state index contributed by atoms with van der Waals surface area (Å²) in [7, 11) is 0. The van der Waals surface area contributed by atoms with Crippen LogP contribution >= 0.6 is 0 Å². The topological polar surface area (TPSA) is 61.5 Å². The van der Waals surface area contributed by atoms with Crippen LogP contribution in [0, 0.1) is 5.92 Å². The molecule has 2 N–H and O–H groups in total. The maximum atomic E-state index is 11.9. The molecule has 0 spiro atoms. The van der Waals surface area contributed by atoms with Crippen molar-refractivity contribution in [1.29, 1.82) is 0 Å². The van der Waals surface area contributed by atoms with E-state index in [2.05, 4.69) is 0 Å². The van der Waals surface area contributed by atoms with E-state index in [4.69, 9.17) is 15.2 Å². The van der Waals surface area contributed by atoms with Gasteiger partial charge in [-0.25, -0.2) is 0 Å². The number of esters is 1. The molecule has 4 nitrogen and oxygen atoms in total. The molecule has 0 aromatic rings. The van der Waals surface area contributed by atoms with Crippen molar-refractivity contribution in [3.8, 4) is 0 Å². The van der Waals surface area contributed by atoms with Gasteiger partial charge in [0.05, 0.1) is 12.2 Å². The minimum atomic E-state index is -0.794. The molecule has 1 saturated carbocycles. The highest BCUT2D eigenvalue weighted by Gasteiger charge is 2.46. The molecule has 0 radical (unpaired) electrons. The largest absolute Gasteiger partial charge is 0.465 e. The molecule has 2 unspecified atom stereocenters. The van der Waals surface area contributed by atoms with Crippen molar-refractivity contribution < 1.29 is 14.3 Å². The molecule has 2 atom stereocenters. The standard InChI is InChI=1S/C14H27NO3/c1-5-17-12(16)14(15)9-6-7-11(14)8-10-18-13(2,3)4/h11H,5-10,15H2,1-4H3. The Hall–Kier alpha value is -0.610. The van der Waals surface area contributed by atoms with Crippen molar-refractivity contribution in [3.63, 3.8) is 0 Å². The van der Waals surface area contributed by atoms with Gasteiger partial charge in [0.2, 0.25) is 0 Å². The maximum absolute atomic E-state index is 11.9. The van der Waals surface area contributed by atoms with Crippen LogP contribution < -0.4 is 5.73 Å². The van der Waals surface area contributed by atoms with Crippen molar-refractivity contribution in [2.24, 2.45) is 11.7 Å². The van der Waals surface area contributed by atoms with E-state index in [0.29, 0.717) is 13.2 Å². The molecule has 1 aliphatic rings. The smallest absolute Gasteiger partial charge is 0.326 e. The highest BCUT2D eigenvalue weighted by Crippen LogP contribution is 2.37. The molecule has 0 aliphatic heterocycles. The molecule has 0 bridgehead atoms. The third-order valence-electron chi connectivity index (χ3n) is 3.53. The van der Waals surface area contributed by atoms with Crippen LogP contribution in [-0.2, 0) is 14.3 Å². The molecule has 4 heteroatoms. The molecule has 0 amide bonds. The van der Waals surface area contributed by atoms with Gasteiger partial charge in [-0.2, -0.15) is 0 Å². The lowest BCUT2D eigenvalue weighted by molar-refractivity contribution is -0.151. The Balaban J connectivity index is 2.51. The van der Waals surface area contributed by atoms with Crippen molar-refractivity contribution in [3.05, 3.63) is 0 Å². The molecule has 0 aromatic heterocycles. The molecule has 0 saturated heterocycles. The van der Waals surface area contributed by atoms with Crippen LogP contribution in [0.25, 0.3) is 0 Å². The van der Waals surface area contributed by atoms with Crippen molar-refractivity contribution >= 4 is 5.97 Å². The Bertz CT molecular complexity index is 285. The van der Waals surface area contributed by atoms with Gasteiger partial charge in [0.15, 0.2) is 0 Å². The predicted molar refractivity (Wildman–Crippen MR) is 71.2 cm³/mol. The van der Waals surface area contributed by atoms with Crippen molar-refractivity contribution in [2.45, 2.75) is 64.5 Å². The van der Waals surface area contributed by atoms with E-state index in [1.54, 1.807) is 0 Å². The van der Waals surface area contributed by atoms with E-state index in [0.717, 1.165) is 25.7 Å². The van der Waals surface area contributed by atoms with Crippen molar-refractivity contribution in [1.82, 2.24) is 0 Å². The first kappa shape index (κ1) is 15.4. The molecule has 106 valence electrons. The summed E-state index contributed by atoms with van der Waals surface area (Å²) in [5.74, 6) is -0.0674. The lowest BCUT2D eigenvalue weighted by atomic mass is 9.86. The van der Waals surface area contributed by atoms with Crippen LogP contribution in [0.4, 0.5) is 0 Å². The second-order valence-electron chi connectivity index (χ2n) is 6.10. The molecule has 1 aliphatic carbocycles. The third kappa shape index (κ3) is 3.95. The average molecular weight is 257 g/mol. The number of nitrogens with two attached hydrogens (primary N) is 1. The zero-order valence-electron chi connectivity index (χ0n) is 12.1. The SMILES string of the molecule is CCOC(=O)C1(N)CCCC1CCOC(C)(C)C. The van der Waals surface area contributed by atoms with E-state index in [-0.39, 0.29) is 17.5 Å². The fraction of sp³-hybridized carbons (Fsp3) is 0.929. The fourth-order valence-electron chi connectivity index (χ4n) is 2.55. The van der Waals surface area contributed by atoms with E-state index in [9.17, 15) is 4.79 Å². The first-order chi connectivity index (χ1) is 8.29. The summed E-state index contributed by atoms with van der Waals surface area (Å²) in [6.07, 6.45) is 3.54. The van der Waals surface area contributed by atoms with Gasteiger partial charge in [-0.1, -0.05) is 6.42 Å². The molecule has 18 heavy (non-hydrogen) atoms. The quantitative estimate of drug-likeness (QED) is 0.767. The lowest BCUT2D eigenvalue weighted by Gasteiger charge is -2.30. The summed E-state index contributed by atoms with van der Waals surface area (Å²) in [6, 6.07) is 0. The van der Waals surface area contributed by atoms with Crippen molar-refractivity contribution in [2.75, 3.05) is 13.2 Å². The zero-order chi connectivity index (χ0) is 13.8. The minimum absolute atomic E-state index is 0.139. The third-order valence-corrected chi connectivity index (χ3v) is 3.53. The van der Waals surface area contributed by atoms with E-state index in [1.165, 1.54) is 0 Å². The van der Waals surface area contributed by atoms with Crippen LogP contribution in [0.3, 0.4) is 0 Å². The van der Waals surface area contributed by atoms with Gasteiger partial charge in [-0.3, -0.25) is 4.79 Å². The number of carbonyl (C=O) groups excluding carboxylic acids is 1. The minimum Gasteiger partial charge on any atom is -0.465 e. The van der Waals surface area contributed by atoms with Crippen LogP contribution in [-0.4, -0.2) is 30.3 Å². The van der Waals surface area contributed by atoms with Gasteiger partial charge < -0.3 is 15.2 Å². The number of hydrogen-bond acceptors (Lipinski definition) is 4. The second kappa shape index (κ2) is 6.02. The molecule has 0 aromatic carbocycles.